The molecule has 156 valence electrons. The van der Waals surface area contributed by atoms with Crippen molar-refractivity contribution in [3.63, 3.8) is 0 Å². The zero-order chi connectivity index (χ0) is 21.2. The highest BCUT2D eigenvalue weighted by Crippen LogP contribution is 2.34. The van der Waals surface area contributed by atoms with E-state index >= 15 is 0 Å². The molecule has 2 aromatic rings. The van der Waals surface area contributed by atoms with Gasteiger partial charge in [-0.05, 0) is 63.3 Å². The summed E-state index contributed by atoms with van der Waals surface area (Å²) in [6.07, 6.45) is 0.843. The molecule has 0 saturated heterocycles. The summed E-state index contributed by atoms with van der Waals surface area (Å²) in [5.74, 6) is 0.668. The zero-order valence-electron chi connectivity index (χ0n) is 17.9. The molecule has 29 heavy (non-hydrogen) atoms. The van der Waals surface area contributed by atoms with Crippen LogP contribution in [0.15, 0.2) is 35.7 Å². The number of hydrogen-bond donors (Lipinski definition) is 0. The lowest BCUT2D eigenvalue weighted by Crippen LogP contribution is -2.52. The largest absolute Gasteiger partial charge is 0.491 e. The predicted octanol–water partition coefficient (Wildman–Crippen LogP) is 4.21. The van der Waals surface area contributed by atoms with Crippen molar-refractivity contribution >= 4 is 23.2 Å². The molecule has 0 spiro atoms. The van der Waals surface area contributed by atoms with Gasteiger partial charge in [0.25, 0.3) is 0 Å². The topological polar surface area (TPSA) is 49.9 Å². The zero-order valence-corrected chi connectivity index (χ0v) is 18.7. The Balaban J connectivity index is 1.79. The molecule has 0 fully saturated rings. The molecule has 0 bridgehead atoms. The van der Waals surface area contributed by atoms with Gasteiger partial charge in [-0.2, -0.15) is 0 Å². The van der Waals surface area contributed by atoms with Crippen molar-refractivity contribution in [3.8, 4) is 5.75 Å². The summed E-state index contributed by atoms with van der Waals surface area (Å²) in [4.78, 5) is 30.2. The van der Waals surface area contributed by atoms with E-state index in [4.69, 9.17) is 4.74 Å². The van der Waals surface area contributed by atoms with Gasteiger partial charge in [0.1, 0.15) is 18.9 Å². The first-order valence-corrected chi connectivity index (χ1v) is 10.9. The lowest BCUT2D eigenvalue weighted by Gasteiger charge is -2.39. The van der Waals surface area contributed by atoms with E-state index in [0.29, 0.717) is 13.2 Å². The fourth-order valence-corrected chi connectivity index (χ4v) is 4.66. The Bertz CT molecular complexity index is 867. The molecule has 1 aliphatic rings. The number of carbonyl (C=O) groups is 2. The smallest absolute Gasteiger partial charge is 0.242 e. The van der Waals surface area contributed by atoms with Gasteiger partial charge in [-0.15, -0.1) is 11.3 Å². The molecule has 1 unspecified atom stereocenters. The maximum atomic E-state index is 13.2. The SMILES string of the molecule is CC(=O)N(CC(=O)N1CCc2sccc2C1COc1ccc(C)cc1)C(C)(C)C. The lowest BCUT2D eigenvalue weighted by atomic mass is 10.00. The summed E-state index contributed by atoms with van der Waals surface area (Å²) in [6.45, 7) is 10.5. The second-order valence-corrected chi connectivity index (χ2v) is 9.55. The molecular formula is C23H30N2O3S. The van der Waals surface area contributed by atoms with Gasteiger partial charge in [0.2, 0.25) is 11.8 Å². The quantitative estimate of drug-likeness (QED) is 0.736. The number of aryl methyl sites for hydroxylation is 1. The maximum absolute atomic E-state index is 13.2. The first kappa shape index (κ1) is 21.4. The molecule has 0 N–H and O–H groups in total. The third-order valence-corrected chi connectivity index (χ3v) is 6.32. The molecule has 2 amide bonds. The molecule has 1 atom stereocenters. The van der Waals surface area contributed by atoms with Crippen LogP contribution in [-0.4, -0.2) is 46.8 Å². The van der Waals surface area contributed by atoms with E-state index in [1.54, 1.807) is 16.2 Å². The normalized spacial score (nSPS) is 16.3. The number of amides is 2. The van der Waals surface area contributed by atoms with Crippen LogP contribution in [0.4, 0.5) is 0 Å². The van der Waals surface area contributed by atoms with Crippen LogP contribution in [0.5, 0.6) is 5.75 Å². The fourth-order valence-electron chi connectivity index (χ4n) is 3.73. The second kappa shape index (κ2) is 8.57. The summed E-state index contributed by atoms with van der Waals surface area (Å²) in [6, 6.07) is 9.89. The minimum absolute atomic E-state index is 0.0375. The van der Waals surface area contributed by atoms with Crippen LogP contribution in [0.2, 0.25) is 0 Å². The van der Waals surface area contributed by atoms with E-state index in [9.17, 15) is 9.59 Å². The number of fused-ring (bicyclic) bond motifs is 1. The Hall–Kier alpha value is -2.34. The first-order chi connectivity index (χ1) is 13.7. The number of carbonyl (C=O) groups excluding carboxylic acids is 2. The maximum Gasteiger partial charge on any atom is 0.242 e. The van der Waals surface area contributed by atoms with Crippen molar-refractivity contribution in [1.82, 2.24) is 9.80 Å². The molecule has 6 heteroatoms. The highest BCUT2D eigenvalue weighted by molar-refractivity contribution is 7.10. The molecule has 0 aliphatic carbocycles. The number of thiophene rings is 1. The summed E-state index contributed by atoms with van der Waals surface area (Å²) < 4.78 is 6.06. The van der Waals surface area contributed by atoms with Crippen molar-refractivity contribution in [2.75, 3.05) is 19.7 Å². The van der Waals surface area contributed by atoms with E-state index < -0.39 is 5.54 Å². The van der Waals surface area contributed by atoms with Gasteiger partial charge in [-0.1, -0.05) is 17.7 Å². The molecular weight excluding hydrogens is 384 g/mol. The Kier molecular flexibility index (Phi) is 6.32. The van der Waals surface area contributed by atoms with Crippen LogP contribution in [0, 0.1) is 6.92 Å². The van der Waals surface area contributed by atoms with Crippen LogP contribution >= 0.6 is 11.3 Å². The van der Waals surface area contributed by atoms with Crippen LogP contribution in [0.25, 0.3) is 0 Å². The number of nitrogens with zero attached hydrogens (tertiary/aromatic N) is 2. The van der Waals surface area contributed by atoms with Crippen molar-refractivity contribution in [1.29, 1.82) is 0 Å². The van der Waals surface area contributed by atoms with Gasteiger partial charge >= 0.3 is 0 Å². The Morgan fingerprint density at radius 1 is 1.21 bits per heavy atom. The van der Waals surface area contributed by atoms with Gasteiger partial charge in [-0.25, -0.2) is 0 Å². The second-order valence-electron chi connectivity index (χ2n) is 8.55. The van der Waals surface area contributed by atoms with E-state index in [1.165, 1.54) is 17.4 Å². The molecule has 1 aromatic heterocycles. The monoisotopic (exact) mass is 414 g/mol. The van der Waals surface area contributed by atoms with E-state index in [2.05, 4.69) is 11.4 Å². The molecule has 2 heterocycles. The Labute approximate surface area is 177 Å². The van der Waals surface area contributed by atoms with Crippen LogP contribution in [-0.2, 0) is 16.0 Å². The van der Waals surface area contributed by atoms with Crippen molar-refractivity contribution in [2.24, 2.45) is 0 Å². The average molecular weight is 415 g/mol. The highest BCUT2D eigenvalue weighted by atomic mass is 32.1. The molecule has 1 aliphatic heterocycles. The molecule has 5 nitrogen and oxygen atoms in total. The van der Waals surface area contributed by atoms with Crippen LogP contribution in [0.1, 0.15) is 49.7 Å². The third-order valence-electron chi connectivity index (χ3n) is 5.33. The minimum Gasteiger partial charge on any atom is -0.491 e. The van der Waals surface area contributed by atoms with Gasteiger partial charge in [-0.3, -0.25) is 9.59 Å². The summed E-state index contributed by atoms with van der Waals surface area (Å²) in [5.41, 5.74) is 1.93. The number of rotatable bonds is 5. The molecule has 1 aromatic carbocycles. The summed E-state index contributed by atoms with van der Waals surface area (Å²) in [5, 5.41) is 2.08. The molecule has 0 radical (unpaired) electrons. The standard InChI is InChI=1S/C23H30N2O3S/c1-16-6-8-18(9-7-16)28-15-20-19-11-13-29-21(19)10-12-24(20)22(27)14-25(17(2)26)23(3,4)5/h6-9,11,13,20H,10,12,14-15H2,1-5H3. The average Bonchev–Trinajstić information content (AvgIpc) is 3.13. The third kappa shape index (κ3) is 4.99. The van der Waals surface area contributed by atoms with Crippen molar-refractivity contribution in [2.45, 2.75) is 52.6 Å². The van der Waals surface area contributed by atoms with Crippen LogP contribution in [0.3, 0.4) is 0 Å². The van der Waals surface area contributed by atoms with E-state index in [0.717, 1.165) is 17.7 Å². The summed E-state index contributed by atoms with van der Waals surface area (Å²) >= 11 is 1.73. The Morgan fingerprint density at radius 3 is 2.52 bits per heavy atom. The minimum atomic E-state index is -0.404. The summed E-state index contributed by atoms with van der Waals surface area (Å²) in [7, 11) is 0. The lowest BCUT2D eigenvalue weighted by molar-refractivity contribution is -0.145. The number of ether oxygens (including phenoxy) is 1. The highest BCUT2D eigenvalue weighted by Gasteiger charge is 2.35. The van der Waals surface area contributed by atoms with E-state index in [1.807, 2.05) is 56.9 Å². The van der Waals surface area contributed by atoms with Gasteiger partial charge < -0.3 is 14.5 Å². The van der Waals surface area contributed by atoms with Crippen LogP contribution < -0.4 is 4.74 Å². The van der Waals surface area contributed by atoms with E-state index in [-0.39, 0.29) is 24.4 Å². The first-order valence-electron chi connectivity index (χ1n) is 10.00. The molecule has 3 rings (SSSR count). The van der Waals surface area contributed by atoms with Gasteiger partial charge in [0, 0.05) is 23.9 Å². The predicted molar refractivity (Wildman–Crippen MR) is 116 cm³/mol. The number of benzene rings is 1. The van der Waals surface area contributed by atoms with Crippen molar-refractivity contribution < 1.29 is 14.3 Å². The van der Waals surface area contributed by atoms with Crippen molar-refractivity contribution in [3.05, 3.63) is 51.7 Å². The molecule has 0 saturated carbocycles. The number of hydrogen-bond acceptors (Lipinski definition) is 4. The fraction of sp³-hybridized carbons (Fsp3) is 0.478. The van der Waals surface area contributed by atoms with Gasteiger partial charge in [0.05, 0.1) is 6.04 Å². The Morgan fingerprint density at radius 2 is 1.90 bits per heavy atom. The van der Waals surface area contributed by atoms with Gasteiger partial charge in [0.15, 0.2) is 0 Å².